The molecule has 11 heteroatoms. The second-order valence-corrected chi connectivity index (χ2v) is 10.4. The molecule has 1 amide bonds. The third-order valence-electron chi connectivity index (χ3n) is 4.50. The second-order valence-electron chi connectivity index (χ2n) is 6.51. The van der Waals surface area contributed by atoms with Gasteiger partial charge < -0.3 is 4.57 Å². The molecule has 3 aromatic rings. The van der Waals surface area contributed by atoms with Crippen LogP contribution in [0.3, 0.4) is 0 Å². The summed E-state index contributed by atoms with van der Waals surface area (Å²) in [5, 5.41) is 19.8. The molecule has 3 rings (SSSR count). The monoisotopic (exact) mass is 475 g/mol. The lowest BCUT2D eigenvalue weighted by Crippen LogP contribution is -2.13. The fourth-order valence-corrected chi connectivity index (χ4v) is 5.12. The van der Waals surface area contributed by atoms with Gasteiger partial charge in [-0.05, 0) is 43.7 Å². The van der Waals surface area contributed by atoms with Crippen LogP contribution in [-0.2, 0) is 14.6 Å². The van der Waals surface area contributed by atoms with Crippen LogP contribution in [0.4, 0.5) is 5.13 Å². The first-order valence-corrected chi connectivity index (χ1v) is 12.0. The van der Waals surface area contributed by atoms with Gasteiger partial charge in [0, 0.05) is 11.4 Å². The van der Waals surface area contributed by atoms with E-state index in [2.05, 4.69) is 15.5 Å². The minimum absolute atomic E-state index is 0.000264. The van der Waals surface area contributed by atoms with Gasteiger partial charge in [-0.1, -0.05) is 42.0 Å². The van der Waals surface area contributed by atoms with E-state index in [4.69, 9.17) is 11.6 Å². The number of nitrogens with zero attached hydrogens (tertiary/aromatic N) is 4. The largest absolute Gasteiger partial charge is 0.316 e. The lowest BCUT2D eigenvalue weighted by atomic mass is 10.1. The van der Waals surface area contributed by atoms with Gasteiger partial charge in [-0.3, -0.25) is 10.1 Å². The number of para-hydroxylation sites is 1. The van der Waals surface area contributed by atoms with E-state index >= 15 is 0 Å². The average Bonchev–Trinajstić information content (AvgIpc) is 3.31. The number of benzene rings is 1. The first kappa shape index (κ1) is 22.7. The number of anilines is 1. The Hall–Kier alpha value is -3.00. The first-order chi connectivity index (χ1) is 14.7. The zero-order valence-corrected chi connectivity index (χ0v) is 19.3. The third kappa shape index (κ3) is 4.69. The fourth-order valence-electron chi connectivity index (χ4n) is 2.92. The minimum Gasteiger partial charge on any atom is -0.316 e. The molecule has 0 bridgehead atoms. The van der Waals surface area contributed by atoms with Crippen LogP contribution in [0.1, 0.15) is 23.9 Å². The maximum absolute atomic E-state index is 12.6. The Morgan fingerprint density at radius 1 is 1.32 bits per heavy atom. The van der Waals surface area contributed by atoms with Gasteiger partial charge in [0.05, 0.1) is 16.5 Å². The highest BCUT2D eigenvalue weighted by molar-refractivity contribution is 7.93. The van der Waals surface area contributed by atoms with Crippen LogP contribution in [0.25, 0.3) is 11.8 Å². The standard InChI is InChI=1S/C20H18ClN5O3S2/c1-4-31(28,29)20-25-24-19(30-20)23-18(27)15(11-22)10-14-9-12(2)26(13(14)3)17-8-6-5-7-16(17)21/h5-10H,4H2,1-3H3,(H,23,24,27)/b15-10-. The summed E-state index contributed by atoms with van der Waals surface area (Å²) < 4.78 is 25.5. The highest BCUT2D eigenvalue weighted by Crippen LogP contribution is 2.28. The molecule has 0 aliphatic carbocycles. The van der Waals surface area contributed by atoms with Crippen molar-refractivity contribution in [1.29, 1.82) is 5.26 Å². The Labute approximate surface area is 188 Å². The van der Waals surface area contributed by atoms with Crippen molar-refractivity contribution in [1.82, 2.24) is 14.8 Å². The number of carbonyl (C=O) groups excluding carboxylic acids is 1. The molecule has 8 nitrogen and oxygen atoms in total. The smallest absolute Gasteiger partial charge is 0.268 e. The molecular formula is C20H18ClN5O3S2. The Bertz CT molecular complexity index is 1330. The van der Waals surface area contributed by atoms with Crippen molar-refractivity contribution < 1.29 is 13.2 Å². The molecule has 1 N–H and O–H groups in total. The number of halogens is 1. The molecule has 0 spiro atoms. The van der Waals surface area contributed by atoms with E-state index in [1.54, 1.807) is 6.07 Å². The van der Waals surface area contributed by atoms with Crippen LogP contribution in [0.15, 0.2) is 40.2 Å². The SMILES string of the molecule is CCS(=O)(=O)c1nnc(NC(=O)/C(C#N)=C\c2cc(C)n(-c3ccccc3Cl)c2C)s1. The summed E-state index contributed by atoms with van der Waals surface area (Å²) in [5.41, 5.74) is 3.00. The number of aromatic nitrogens is 3. The summed E-state index contributed by atoms with van der Waals surface area (Å²) in [4.78, 5) is 12.6. The summed E-state index contributed by atoms with van der Waals surface area (Å²) in [6.07, 6.45) is 1.47. The lowest BCUT2D eigenvalue weighted by Gasteiger charge is -2.11. The van der Waals surface area contributed by atoms with Gasteiger partial charge in [0.15, 0.2) is 0 Å². The zero-order valence-electron chi connectivity index (χ0n) is 16.9. The third-order valence-corrected chi connectivity index (χ3v) is 7.84. The van der Waals surface area contributed by atoms with Crippen LogP contribution in [0.5, 0.6) is 0 Å². The van der Waals surface area contributed by atoms with Gasteiger partial charge in [0.1, 0.15) is 11.6 Å². The van der Waals surface area contributed by atoms with Crippen molar-refractivity contribution in [3.63, 3.8) is 0 Å². The molecule has 0 unspecified atom stereocenters. The van der Waals surface area contributed by atoms with Crippen LogP contribution >= 0.6 is 22.9 Å². The van der Waals surface area contributed by atoms with E-state index in [1.165, 1.54) is 13.0 Å². The number of hydrogen-bond donors (Lipinski definition) is 1. The van der Waals surface area contributed by atoms with E-state index in [1.807, 2.05) is 48.7 Å². The summed E-state index contributed by atoms with van der Waals surface area (Å²) in [6, 6.07) is 11.1. The normalized spacial score (nSPS) is 11.9. The summed E-state index contributed by atoms with van der Waals surface area (Å²) in [5.74, 6) is -0.832. The number of amides is 1. The van der Waals surface area contributed by atoms with Crippen molar-refractivity contribution in [3.05, 3.63) is 57.9 Å². The highest BCUT2D eigenvalue weighted by Gasteiger charge is 2.20. The highest BCUT2D eigenvalue weighted by atomic mass is 35.5. The van der Waals surface area contributed by atoms with Crippen molar-refractivity contribution in [3.8, 4) is 11.8 Å². The molecule has 0 saturated carbocycles. The molecule has 0 saturated heterocycles. The molecule has 160 valence electrons. The number of sulfone groups is 1. The van der Waals surface area contributed by atoms with Crippen molar-refractivity contribution >= 4 is 49.9 Å². The molecule has 0 fully saturated rings. The summed E-state index contributed by atoms with van der Waals surface area (Å²) in [6.45, 7) is 5.25. The van der Waals surface area contributed by atoms with Gasteiger partial charge in [-0.2, -0.15) is 5.26 Å². The Balaban J connectivity index is 1.91. The van der Waals surface area contributed by atoms with Gasteiger partial charge >= 0.3 is 0 Å². The van der Waals surface area contributed by atoms with Gasteiger partial charge in [0.2, 0.25) is 19.3 Å². The molecule has 2 heterocycles. The molecule has 0 radical (unpaired) electrons. The van der Waals surface area contributed by atoms with E-state index in [9.17, 15) is 18.5 Å². The lowest BCUT2D eigenvalue weighted by molar-refractivity contribution is -0.112. The topological polar surface area (TPSA) is 118 Å². The minimum atomic E-state index is -3.52. The summed E-state index contributed by atoms with van der Waals surface area (Å²) in [7, 11) is -3.52. The second kappa shape index (κ2) is 9.01. The Kier molecular flexibility index (Phi) is 6.59. The number of hydrogen-bond acceptors (Lipinski definition) is 7. The van der Waals surface area contributed by atoms with Gasteiger partial charge in [-0.25, -0.2) is 8.42 Å². The van der Waals surface area contributed by atoms with Gasteiger partial charge in [-0.15, -0.1) is 10.2 Å². The number of nitrogens with one attached hydrogen (secondary N) is 1. The van der Waals surface area contributed by atoms with Crippen molar-refractivity contribution in [2.24, 2.45) is 0 Å². The molecule has 0 atom stereocenters. The van der Waals surface area contributed by atoms with E-state index in [0.717, 1.165) is 28.4 Å². The molecule has 0 aliphatic rings. The predicted octanol–water partition coefficient (Wildman–Crippen LogP) is 3.94. The molecular weight excluding hydrogens is 458 g/mol. The number of aryl methyl sites for hydroxylation is 1. The van der Waals surface area contributed by atoms with Crippen LogP contribution in [0, 0.1) is 25.2 Å². The molecule has 2 aromatic heterocycles. The van der Waals surface area contributed by atoms with E-state index < -0.39 is 15.7 Å². The van der Waals surface area contributed by atoms with Crippen LogP contribution < -0.4 is 5.32 Å². The quantitative estimate of drug-likeness (QED) is 0.327. The maximum atomic E-state index is 12.6. The average molecular weight is 476 g/mol. The number of nitriles is 1. The van der Waals surface area contributed by atoms with Gasteiger partial charge in [0.25, 0.3) is 5.91 Å². The van der Waals surface area contributed by atoms with Crippen LogP contribution in [-0.4, -0.2) is 34.8 Å². The van der Waals surface area contributed by atoms with E-state index in [-0.39, 0.29) is 20.8 Å². The van der Waals surface area contributed by atoms with Crippen molar-refractivity contribution in [2.45, 2.75) is 25.1 Å². The Morgan fingerprint density at radius 3 is 2.68 bits per heavy atom. The van der Waals surface area contributed by atoms with E-state index in [0.29, 0.717) is 10.6 Å². The molecule has 1 aromatic carbocycles. The predicted molar refractivity (Wildman–Crippen MR) is 120 cm³/mol. The summed E-state index contributed by atoms with van der Waals surface area (Å²) >= 11 is 7.06. The molecule has 0 aliphatic heterocycles. The molecule has 31 heavy (non-hydrogen) atoms. The zero-order chi connectivity index (χ0) is 22.8. The number of carbonyl (C=O) groups is 1. The Morgan fingerprint density at radius 2 is 2.03 bits per heavy atom. The van der Waals surface area contributed by atoms with Crippen molar-refractivity contribution in [2.75, 3.05) is 11.1 Å². The fraction of sp³-hybridized carbons (Fsp3) is 0.200. The van der Waals surface area contributed by atoms with Crippen LogP contribution in [0.2, 0.25) is 5.02 Å². The number of rotatable bonds is 6. The maximum Gasteiger partial charge on any atom is 0.268 e. The first-order valence-electron chi connectivity index (χ1n) is 9.11.